The standard InChI is InChI=1S/C15H18N4O4S/c1-23-11-5-3-4-10(8-11)15(20)16-14-12-9-19(24(2,21)22)7-6-13(12)17-18-14/h3-5,8H,6-7,9H2,1-2H3,(H2,16,17,18,20). The number of anilines is 1. The first-order valence-electron chi connectivity index (χ1n) is 7.35. The fourth-order valence-electron chi connectivity index (χ4n) is 2.60. The molecule has 2 heterocycles. The van der Waals surface area contributed by atoms with Crippen LogP contribution in [-0.2, 0) is 23.0 Å². The number of rotatable bonds is 4. The molecule has 3 rings (SSSR count). The molecule has 0 aliphatic carbocycles. The van der Waals surface area contributed by atoms with Crippen LogP contribution in [0, 0.1) is 0 Å². The van der Waals surface area contributed by atoms with Gasteiger partial charge in [0.1, 0.15) is 5.75 Å². The molecule has 1 aliphatic heterocycles. The SMILES string of the molecule is COc1cccc(C(=O)Nc2n[nH]c3c2CN(S(C)(=O)=O)CC3)c1. The van der Waals surface area contributed by atoms with Gasteiger partial charge < -0.3 is 10.1 Å². The lowest BCUT2D eigenvalue weighted by atomic mass is 10.1. The van der Waals surface area contributed by atoms with Gasteiger partial charge in [-0.25, -0.2) is 8.42 Å². The summed E-state index contributed by atoms with van der Waals surface area (Å²) in [5.41, 5.74) is 1.97. The minimum absolute atomic E-state index is 0.193. The Bertz CT molecular complexity index is 875. The van der Waals surface area contributed by atoms with Crippen LogP contribution in [0.1, 0.15) is 21.6 Å². The van der Waals surface area contributed by atoms with Crippen LogP contribution in [0.3, 0.4) is 0 Å². The summed E-state index contributed by atoms with van der Waals surface area (Å²) < 4.78 is 29.9. The van der Waals surface area contributed by atoms with Crippen LogP contribution in [0.4, 0.5) is 5.82 Å². The van der Waals surface area contributed by atoms with Crippen molar-refractivity contribution >= 4 is 21.7 Å². The third-order valence-electron chi connectivity index (χ3n) is 3.93. The first-order chi connectivity index (χ1) is 11.4. The molecule has 1 aliphatic rings. The summed E-state index contributed by atoms with van der Waals surface area (Å²) in [4.78, 5) is 12.4. The van der Waals surface area contributed by atoms with Gasteiger partial charge in [-0.1, -0.05) is 6.07 Å². The van der Waals surface area contributed by atoms with E-state index in [1.54, 1.807) is 24.3 Å². The third kappa shape index (κ3) is 3.26. The molecule has 24 heavy (non-hydrogen) atoms. The zero-order chi connectivity index (χ0) is 17.3. The van der Waals surface area contributed by atoms with Crippen LogP contribution in [0.15, 0.2) is 24.3 Å². The topological polar surface area (TPSA) is 104 Å². The van der Waals surface area contributed by atoms with E-state index in [2.05, 4.69) is 15.5 Å². The first-order valence-corrected chi connectivity index (χ1v) is 9.20. The number of nitrogens with zero attached hydrogens (tertiary/aromatic N) is 2. The summed E-state index contributed by atoms with van der Waals surface area (Å²) in [6, 6.07) is 6.76. The van der Waals surface area contributed by atoms with E-state index < -0.39 is 10.0 Å². The Labute approximate surface area is 139 Å². The maximum absolute atomic E-state index is 12.4. The van der Waals surface area contributed by atoms with E-state index >= 15 is 0 Å². The number of ether oxygens (including phenoxy) is 1. The second-order valence-electron chi connectivity index (χ2n) is 5.56. The van der Waals surface area contributed by atoms with E-state index in [-0.39, 0.29) is 12.5 Å². The van der Waals surface area contributed by atoms with Gasteiger partial charge in [-0.2, -0.15) is 9.40 Å². The van der Waals surface area contributed by atoms with E-state index in [0.717, 1.165) is 5.69 Å². The summed E-state index contributed by atoms with van der Waals surface area (Å²) in [5.74, 6) is 0.598. The predicted octanol–water partition coefficient (Wildman–Crippen LogP) is 0.988. The monoisotopic (exact) mass is 350 g/mol. The Morgan fingerprint density at radius 3 is 2.92 bits per heavy atom. The van der Waals surface area contributed by atoms with E-state index in [9.17, 15) is 13.2 Å². The molecule has 0 atom stereocenters. The highest BCUT2D eigenvalue weighted by Gasteiger charge is 2.27. The molecule has 128 valence electrons. The molecule has 2 aromatic rings. The van der Waals surface area contributed by atoms with E-state index in [1.165, 1.54) is 17.7 Å². The van der Waals surface area contributed by atoms with Crippen molar-refractivity contribution in [2.24, 2.45) is 0 Å². The lowest BCUT2D eigenvalue weighted by molar-refractivity contribution is 0.102. The number of nitrogens with one attached hydrogen (secondary N) is 2. The number of carbonyl (C=O) groups is 1. The minimum Gasteiger partial charge on any atom is -0.497 e. The third-order valence-corrected chi connectivity index (χ3v) is 5.18. The Morgan fingerprint density at radius 2 is 2.21 bits per heavy atom. The summed E-state index contributed by atoms with van der Waals surface area (Å²) in [5, 5.41) is 9.71. The zero-order valence-electron chi connectivity index (χ0n) is 13.4. The number of benzene rings is 1. The predicted molar refractivity (Wildman–Crippen MR) is 88.5 cm³/mol. The molecule has 0 bridgehead atoms. The highest BCUT2D eigenvalue weighted by Crippen LogP contribution is 2.25. The molecular weight excluding hydrogens is 332 g/mol. The summed E-state index contributed by atoms with van der Waals surface area (Å²) in [6.45, 7) is 0.593. The van der Waals surface area contributed by atoms with E-state index in [4.69, 9.17) is 4.74 Å². The summed E-state index contributed by atoms with van der Waals surface area (Å²) >= 11 is 0. The molecule has 0 fully saturated rings. The van der Waals surface area contributed by atoms with Crippen molar-refractivity contribution < 1.29 is 17.9 Å². The van der Waals surface area contributed by atoms with Crippen LogP contribution >= 0.6 is 0 Å². The maximum Gasteiger partial charge on any atom is 0.257 e. The molecule has 0 saturated carbocycles. The molecule has 0 saturated heterocycles. The van der Waals surface area contributed by atoms with Gasteiger partial charge in [0.15, 0.2) is 5.82 Å². The van der Waals surface area contributed by atoms with Crippen molar-refractivity contribution in [1.29, 1.82) is 0 Å². The van der Waals surface area contributed by atoms with Gasteiger partial charge in [0.2, 0.25) is 10.0 Å². The van der Waals surface area contributed by atoms with Gasteiger partial charge in [0, 0.05) is 36.3 Å². The number of H-pyrrole nitrogens is 1. The quantitative estimate of drug-likeness (QED) is 0.856. The van der Waals surface area contributed by atoms with E-state index in [0.29, 0.717) is 35.7 Å². The number of aromatic nitrogens is 2. The van der Waals surface area contributed by atoms with Crippen molar-refractivity contribution in [3.8, 4) is 5.75 Å². The van der Waals surface area contributed by atoms with Gasteiger partial charge in [-0.05, 0) is 18.2 Å². The van der Waals surface area contributed by atoms with Crippen LogP contribution in [-0.4, -0.2) is 48.7 Å². The maximum atomic E-state index is 12.4. The zero-order valence-corrected chi connectivity index (χ0v) is 14.2. The number of carbonyl (C=O) groups excluding carboxylic acids is 1. The fraction of sp³-hybridized carbons (Fsp3) is 0.333. The van der Waals surface area contributed by atoms with Crippen LogP contribution in [0.5, 0.6) is 5.75 Å². The number of sulfonamides is 1. The number of amides is 1. The molecule has 0 radical (unpaired) electrons. The first kappa shape index (κ1) is 16.5. The molecule has 1 amide bonds. The van der Waals surface area contributed by atoms with E-state index in [1.807, 2.05) is 0 Å². The highest BCUT2D eigenvalue weighted by molar-refractivity contribution is 7.88. The second-order valence-corrected chi connectivity index (χ2v) is 7.54. The van der Waals surface area contributed by atoms with Gasteiger partial charge >= 0.3 is 0 Å². The van der Waals surface area contributed by atoms with Crippen LogP contribution < -0.4 is 10.1 Å². The average Bonchev–Trinajstić information content (AvgIpc) is 2.96. The Kier molecular flexibility index (Phi) is 4.29. The van der Waals surface area contributed by atoms with Crippen molar-refractivity contribution in [2.45, 2.75) is 13.0 Å². The highest BCUT2D eigenvalue weighted by atomic mass is 32.2. The van der Waals surface area contributed by atoms with Crippen LogP contribution in [0.25, 0.3) is 0 Å². The van der Waals surface area contributed by atoms with Crippen molar-refractivity contribution in [2.75, 3.05) is 25.2 Å². The second kappa shape index (κ2) is 6.25. The molecule has 2 N–H and O–H groups in total. The minimum atomic E-state index is -3.29. The van der Waals surface area contributed by atoms with Crippen LogP contribution in [0.2, 0.25) is 0 Å². The number of hydrogen-bond acceptors (Lipinski definition) is 5. The number of methoxy groups -OCH3 is 1. The van der Waals surface area contributed by atoms with Gasteiger partial charge in [-0.15, -0.1) is 0 Å². The fourth-order valence-corrected chi connectivity index (χ4v) is 3.39. The Morgan fingerprint density at radius 1 is 1.42 bits per heavy atom. The molecular formula is C15H18N4O4S. The normalized spacial score (nSPS) is 14.9. The smallest absolute Gasteiger partial charge is 0.257 e. The van der Waals surface area contributed by atoms with Gasteiger partial charge in [0.25, 0.3) is 5.91 Å². The lowest BCUT2D eigenvalue weighted by Crippen LogP contribution is -2.35. The molecule has 0 spiro atoms. The summed E-state index contributed by atoms with van der Waals surface area (Å²) in [6.07, 6.45) is 1.71. The van der Waals surface area contributed by atoms with Crippen molar-refractivity contribution in [3.63, 3.8) is 0 Å². The molecule has 9 heteroatoms. The Balaban J connectivity index is 1.82. The Hall–Kier alpha value is -2.39. The largest absolute Gasteiger partial charge is 0.497 e. The number of hydrogen-bond donors (Lipinski definition) is 2. The molecule has 1 aromatic heterocycles. The summed E-state index contributed by atoms with van der Waals surface area (Å²) in [7, 11) is -1.76. The number of aromatic amines is 1. The molecule has 8 nitrogen and oxygen atoms in total. The van der Waals surface area contributed by atoms with Crippen molar-refractivity contribution in [3.05, 3.63) is 41.1 Å². The van der Waals surface area contributed by atoms with Crippen molar-refractivity contribution in [1.82, 2.24) is 14.5 Å². The van der Waals surface area contributed by atoms with Gasteiger partial charge in [-0.3, -0.25) is 9.89 Å². The van der Waals surface area contributed by atoms with Gasteiger partial charge in [0.05, 0.1) is 13.4 Å². The number of fused-ring (bicyclic) bond motifs is 1. The average molecular weight is 350 g/mol. The molecule has 1 aromatic carbocycles. The molecule has 0 unspecified atom stereocenters. The lowest BCUT2D eigenvalue weighted by Gasteiger charge is -2.24.